The Labute approximate surface area is 155 Å². The highest BCUT2D eigenvalue weighted by molar-refractivity contribution is 5.96. The number of anilines is 1. The molecule has 0 atom stereocenters. The van der Waals surface area contributed by atoms with Gasteiger partial charge in [-0.1, -0.05) is 6.07 Å². The Morgan fingerprint density at radius 3 is 2.31 bits per heavy atom. The summed E-state index contributed by atoms with van der Waals surface area (Å²) in [5, 5.41) is 2.90. The van der Waals surface area contributed by atoms with Gasteiger partial charge in [0, 0.05) is 24.7 Å². The molecule has 2 aromatic rings. The summed E-state index contributed by atoms with van der Waals surface area (Å²) in [5.41, 5.74) is 3.66. The maximum atomic E-state index is 12.8. The van der Waals surface area contributed by atoms with Gasteiger partial charge < -0.3 is 14.6 Å². The largest absolute Gasteiger partial charge is 0.466 e. The number of aryl methyl sites for hydroxylation is 4. The Kier molecular flexibility index (Phi) is 6.24. The number of rotatable bonds is 6. The van der Waals surface area contributed by atoms with Crippen molar-refractivity contribution in [3.05, 3.63) is 52.5 Å². The van der Waals surface area contributed by atoms with Crippen molar-refractivity contribution in [3.63, 3.8) is 0 Å². The molecule has 2 rings (SSSR count). The van der Waals surface area contributed by atoms with Gasteiger partial charge in [0.15, 0.2) is 0 Å². The normalized spacial score (nSPS) is 10.9. The number of hydrogen-bond donors (Lipinski definition) is 1. The highest BCUT2D eigenvalue weighted by Gasteiger charge is 2.23. The first-order valence-electron chi connectivity index (χ1n) is 8.94. The van der Waals surface area contributed by atoms with E-state index in [1.165, 1.54) is 5.56 Å². The second-order valence-corrected chi connectivity index (χ2v) is 7.02. The lowest BCUT2D eigenvalue weighted by Crippen LogP contribution is -2.39. The molecule has 1 aromatic heterocycles. The van der Waals surface area contributed by atoms with Crippen LogP contribution in [-0.4, -0.2) is 29.3 Å². The van der Waals surface area contributed by atoms with Crippen LogP contribution >= 0.6 is 0 Å². The third-order valence-corrected chi connectivity index (χ3v) is 4.53. The van der Waals surface area contributed by atoms with Gasteiger partial charge in [-0.2, -0.15) is 0 Å². The average Bonchev–Trinajstić information content (AvgIpc) is 2.89. The standard InChI is InChI=1S/C21H28N2O3/c1-13(2)23(21(25)19-12-16(5)26-17(19)6)10-9-20(24)22-18-8-7-14(3)15(4)11-18/h7-8,11-13H,9-10H2,1-6H3,(H,22,24). The molecule has 0 radical (unpaired) electrons. The van der Waals surface area contributed by atoms with Gasteiger partial charge in [-0.3, -0.25) is 9.59 Å². The van der Waals surface area contributed by atoms with Crippen molar-refractivity contribution in [2.45, 2.75) is 54.0 Å². The Hall–Kier alpha value is -2.56. The molecule has 0 bridgehead atoms. The van der Waals surface area contributed by atoms with E-state index in [1.807, 2.05) is 52.8 Å². The predicted octanol–water partition coefficient (Wildman–Crippen LogP) is 4.39. The quantitative estimate of drug-likeness (QED) is 0.835. The van der Waals surface area contributed by atoms with Crippen LogP contribution in [0.5, 0.6) is 0 Å². The number of furan rings is 1. The van der Waals surface area contributed by atoms with E-state index in [0.29, 0.717) is 23.6 Å². The summed E-state index contributed by atoms with van der Waals surface area (Å²) in [4.78, 5) is 26.8. The van der Waals surface area contributed by atoms with Gasteiger partial charge >= 0.3 is 0 Å². The summed E-state index contributed by atoms with van der Waals surface area (Å²) < 4.78 is 5.46. The van der Waals surface area contributed by atoms with Crippen molar-refractivity contribution in [1.29, 1.82) is 0 Å². The van der Waals surface area contributed by atoms with Crippen molar-refractivity contribution in [1.82, 2.24) is 4.90 Å². The molecular weight excluding hydrogens is 328 g/mol. The fourth-order valence-electron chi connectivity index (χ4n) is 2.86. The van der Waals surface area contributed by atoms with E-state index in [4.69, 9.17) is 4.42 Å². The first-order valence-corrected chi connectivity index (χ1v) is 8.94. The average molecular weight is 356 g/mol. The van der Waals surface area contributed by atoms with E-state index in [-0.39, 0.29) is 24.3 Å². The van der Waals surface area contributed by atoms with Crippen LogP contribution < -0.4 is 5.32 Å². The molecule has 1 aromatic carbocycles. The topological polar surface area (TPSA) is 62.6 Å². The molecule has 140 valence electrons. The first kappa shape index (κ1) is 19.8. The van der Waals surface area contributed by atoms with E-state index in [9.17, 15) is 9.59 Å². The van der Waals surface area contributed by atoms with Crippen molar-refractivity contribution in [2.24, 2.45) is 0 Å². The summed E-state index contributed by atoms with van der Waals surface area (Å²) in [6, 6.07) is 7.58. The molecule has 0 spiro atoms. The number of nitrogens with one attached hydrogen (secondary N) is 1. The minimum Gasteiger partial charge on any atom is -0.466 e. The van der Waals surface area contributed by atoms with Gasteiger partial charge in [0.25, 0.3) is 5.91 Å². The van der Waals surface area contributed by atoms with Crippen LogP contribution in [0.2, 0.25) is 0 Å². The molecule has 0 aliphatic carbocycles. The van der Waals surface area contributed by atoms with E-state index in [2.05, 4.69) is 5.32 Å². The third-order valence-electron chi connectivity index (χ3n) is 4.53. The van der Waals surface area contributed by atoms with E-state index in [1.54, 1.807) is 17.9 Å². The molecule has 0 saturated heterocycles. The smallest absolute Gasteiger partial charge is 0.257 e. The predicted molar refractivity (Wildman–Crippen MR) is 104 cm³/mol. The Morgan fingerprint density at radius 2 is 1.77 bits per heavy atom. The van der Waals surface area contributed by atoms with Crippen molar-refractivity contribution >= 4 is 17.5 Å². The molecule has 0 aliphatic rings. The van der Waals surface area contributed by atoms with Crippen molar-refractivity contribution < 1.29 is 14.0 Å². The second kappa shape index (κ2) is 8.21. The second-order valence-electron chi connectivity index (χ2n) is 7.02. The molecule has 0 unspecified atom stereocenters. The van der Waals surface area contributed by atoms with Crippen molar-refractivity contribution in [2.75, 3.05) is 11.9 Å². The summed E-state index contributed by atoms with van der Waals surface area (Å²) in [6.07, 6.45) is 0.243. The molecule has 0 saturated carbocycles. The van der Waals surface area contributed by atoms with Gasteiger partial charge in [0.2, 0.25) is 5.91 Å². The van der Waals surface area contributed by atoms with E-state index < -0.39 is 0 Å². The van der Waals surface area contributed by atoms with Crippen LogP contribution in [-0.2, 0) is 4.79 Å². The van der Waals surface area contributed by atoms with E-state index >= 15 is 0 Å². The van der Waals surface area contributed by atoms with Crippen LogP contribution in [0.25, 0.3) is 0 Å². The van der Waals surface area contributed by atoms with Gasteiger partial charge in [-0.15, -0.1) is 0 Å². The number of amides is 2. The fraction of sp³-hybridized carbons (Fsp3) is 0.429. The Bertz CT molecular complexity index is 806. The maximum Gasteiger partial charge on any atom is 0.257 e. The molecule has 26 heavy (non-hydrogen) atoms. The van der Waals surface area contributed by atoms with Gasteiger partial charge in [-0.25, -0.2) is 0 Å². The van der Waals surface area contributed by atoms with E-state index in [0.717, 1.165) is 11.3 Å². The number of carbonyl (C=O) groups is 2. The van der Waals surface area contributed by atoms with Gasteiger partial charge in [0.05, 0.1) is 5.56 Å². The summed E-state index contributed by atoms with van der Waals surface area (Å²) in [5.74, 6) is 1.11. The zero-order valence-corrected chi connectivity index (χ0v) is 16.5. The van der Waals surface area contributed by atoms with Gasteiger partial charge in [-0.05, 0) is 70.9 Å². The summed E-state index contributed by atoms with van der Waals surface area (Å²) in [7, 11) is 0. The lowest BCUT2D eigenvalue weighted by Gasteiger charge is -2.26. The van der Waals surface area contributed by atoms with Gasteiger partial charge in [0.1, 0.15) is 11.5 Å². The molecule has 0 fully saturated rings. The number of hydrogen-bond acceptors (Lipinski definition) is 3. The van der Waals surface area contributed by atoms with Crippen molar-refractivity contribution in [3.8, 4) is 0 Å². The monoisotopic (exact) mass is 356 g/mol. The molecule has 5 nitrogen and oxygen atoms in total. The zero-order chi connectivity index (χ0) is 19.4. The first-order chi connectivity index (χ1) is 12.2. The Morgan fingerprint density at radius 1 is 1.08 bits per heavy atom. The van der Waals surface area contributed by atoms with Crippen LogP contribution in [0.4, 0.5) is 5.69 Å². The van der Waals surface area contributed by atoms with Crippen LogP contribution in [0, 0.1) is 27.7 Å². The maximum absolute atomic E-state index is 12.8. The van der Waals surface area contributed by atoms with Crippen LogP contribution in [0.3, 0.4) is 0 Å². The fourth-order valence-corrected chi connectivity index (χ4v) is 2.86. The van der Waals surface area contributed by atoms with Crippen LogP contribution in [0.15, 0.2) is 28.7 Å². The lowest BCUT2D eigenvalue weighted by molar-refractivity contribution is -0.116. The lowest BCUT2D eigenvalue weighted by atomic mass is 10.1. The molecular formula is C21H28N2O3. The summed E-state index contributed by atoms with van der Waals surface area (Å²) in [6.45, 7) is 11.9. The Balaban J connectivity index is 2.01. The third kappa shape index (κ3) is 4.75. The number of benzene rings is 1. The zero-order valence-electron chi connectivity index (χ0n) is 16.5. The summed E-state index contributed by atoms with van der Waals surface area (Å²) >= 11 is 0. The minimum atomic E-state index is -0.105. The highest BCUT2D eigenvalue weighted by atomic mass is 16.3. The molecule has 1 heterocycles. The van der Waals surface area contributed by atoms with Crippen LogP contribution in [0.1, 0.15) is 53.3 Å². The molecule has 2 amide bonds. The minimum absolute atomic E-state index is 0.00785. The number of carbonyl (C=O) groups excluding carboxylic acids is 2. The molecule has 1 N–H and O–H groups in total. The SMILES string of the molecule is Cc1cc(C(=O)N(CCC(=O)Nc2ccc(C)c(C)c2)C(C)C)c(C)o1. The number of nitrogens with zero attached hydrogens (tertiary/aromatic N) is 1. The highest BCUT2D eigenvalue weighted by Crippen LogP contribution is 2.18. The molecule has 0 aliphatic heterocycles. The molecule has 5 heteroatoms.